The number of benzene rings is 2. The fourth-order valence-corrected chi connectivity index (χ4v) is 5.54. The number of ether oxygens (including phenoxy) is 1. The molecule has 0 unspecified atom stereocenters. The van der Waals surface area contributed by atoms with Crippen molar-refractivity contribution in [2.24, 2.45) is 0 Å². The van der Waals surface area contributed by atoms with E-state index in [2.05, 4.69) is 10.3 Å². The molecule has 184 valence electrons. The summed E-state index contributed by atoms with van der Waals surface area (Å²) in [5, 5.41) is 2.72. The number of rotatable bonds is 8. The molecule has 0 radical (unpaired) electrons. The highest BCUT2D eigenvalue weighted by atomic mass is 32.2. The van der Waals surface area contributed by atoms with Gasteiger partial charge in [0.2, 0.25) is 15.9 Å². The maximum Gasteiger partial charge on any atom is 0.247 e. The molecule has 1 amide bonds. The first-order valence-corrected chi connectivity index (χ1v) is 12.6. The lowest BCUT2D eigenvalue weighted by Crippen LogP contribution is -2.48. The average Bonchev–Trinajstić information content (AvgIpc) is 3.06. The van der Waals surface area contributed by atoms with Crippen LogP contribution in [-0.4, -0.2) is 36.2 Å². The first kappa shape index (κ1) is 24.7. The molecule has 7 nitrogen and oxygen atoms in total. The van der Waals surface area contributed by atoms with Gasteiger partial charge in [0.25, 0.3) is 0 Å². The average molecular weight is 502 g/mol. The molecular weight excluding hydrogens is 476 g/mol. The number of pyridine rings is 1. The molecule has 35 heavy (non-hydrogen) atoms. The smallest absolute Gasteiger partial charge is 0.247 e. The molecule has 1 aliphatic heterocycles. The number of hydrogen-bond donors (Lipinski definition) is 1. The third kappa shape index (κ3) is 6.01. The first-order chi connectivity index (χ1) is 16.8. The molecule has 2 aromatic carbocycles. The quantitative estimate of drug-likeness (QED) is 0.507. The van der Waals surface area contributed by atoms with E-state index >= 15 is 0 Å². The predicted molar refractivity (Wildman–Crippen MR) is 125 cm³/mol. The normalized spacial score (nSPS) is 16.5. The lowest BCUT2D eigenvalue weighted by molar-refractivity contribution is -0.124. The van der Waals surface area contributed by atoms with Crippen LogP contribution in [0.5, 0.6) is 5.75 Å². The number of nitrogens with one attached hydrogen (secondary N) is 1. The summed E-state index contributed by atoms with van der Waals surface area (Å²) in [5.74, 6) is -1.97. The largest absolute Gasteiger partial charge is 0.487 e. The molecule has 0 aliphatic carbocycles. The Morgan fingerprint density at radius 3 is 2.57 bits per heavy atom. The third-order valence-corrected chi connectivity index (χ3v) is 7.60. The highest BCUT2D eigenvalue weighted by Crippen LogP contribution is 2.27. The molecule has 0 bridgehead atoms. The molecule has 0 saturated carbocycles. The van der Waals surface area contributed by atoms with E-state index in [1.54, 1.807) is 30.5 Å². The minimum Gasteiger partial charge on any atom is -0.487 e. The zero-order valence-corrected chi connectivity index (χ0v) is 19.7. The summed E-state index contributed by atoms with van der Waals surface area (Å²) in [6.07, 6.45) is 3.30. The van der Waals surface area contributed by atoms with Gasteiger partial charge in [-0.05, 0) is 61.2 Å². The second-order valence-electron chi connectivity index (χ2n) is 8.18. The maximum absolute atomic E-state index is 14.5. The molecule has 1 fully saturated rings. The van der Waals surface area contributed by atoms with Gasteiger partial charge >= 0.3 is 0 Å². The minimum atomic E-state index is -4.46. The Morgan fingerprint density at radius 2 is 1.86 bits per heavy atom. The third-order valence-electron chi connectivity index (χ3n) is 5.71. The first-order valence-electron chi connectivity index (χ1n) is 11.2. The summed E-state index contributed by atoms with van der Waals surface area (Å²) < 4.78 is 61.7. The maximum atomic E-state index is 14.5. The number of hydrogen-bond acceptors (Lipinski definition) is 5. The number of aromatic nitrogens is 1. The van der Waals surface area contributed by atoms with Gasteiger partial charge in [-0.25, -0.2) is 17.2 Å². The molecule has 1 aliphatic rings. The minimum absolute atomic E-state index is 0.169. The van der Waals surface area contributed by atoms with Crippen molar-refractivity contribution < 1.29 is 26.7 Å². The van der Waals surface area contributed by atoms with Gasteiger partial charge in [-0.3, -0.25) is 9.78 Å². The topological polar surface area (TPSA) is 88.6 Å². The monoisotopic (exact) mass is 501 g/mol. The summed E-state index contributed by atoms with van der Waals surface area (Å²) in [6, 6.07) is 13.5. The molecule has 1 atom stereocenters. The van der Waals surface area contributed by atoms with E-state index in [0.29, 0.717) is 43.2 Å². The van der Waals surface area contributed by atoms with Crippen LogP contribution in [0.25, 0.3) is 0 Å². The van der Waals surface area contributed by atoms with Crippen LogP contribution in [0.2, 0.25) is 0 Å². The van der Waals surface area contributed by atoms with Crippen molar-refractivity contribution in [3.63, 3.8) is 0 Å². The van der Waals surface area contributed by atoms with Crippen LogP contribution in [0.15, 0.2) is 71.8 Å². The highest BCUT2D eigenvalue weighted by molar-refractivity contribution is 7.89. The van der Waals surface area contributed by atoms with Crippen molar-refractivity contribution in [3.8, 4) is 5.75 Å². The highest BCUT2D eigenvalue weighted by Gasteiger charge is 2.38. The number of sulfonamides is 1. The van der Waals surface area contributed by atoms with Crippen molar-refractivity contribution in [1.82, 2.24) is 14.6 Å². The summed E-state index contributed by atoms with van der Waals surface area (Å²) >= 11 is 0. The lowest BCUT2D eigenvalue weighted by atomic mass is 10.1. The summed E-state index contributed by atoms with van der Waals surface area (Å²) in [5.41, 5.74) is 1.34. The summed E-state index contributed by atoms with van der Waals surface area (Å²) in [4.78, 5) is 16.3. The second-order valence-corrected chi connectivity index (χ2v) is 10.0. The Morgan fingerprint density at radius 1 is 1.06 bits per heavy atom. The Labute approximate surface area is 202 Å². The van der Waals surface area contributed by atoms with Crippen LogP contribution in [0.1, 0.15) is 30.5 Å². The van der Waals surface area contributed by atoms with E-state index in [0.717, 1.165) is 22.1 Å². The van der Waals surface area contributed by atoms with Crippen LogP contribution in [0, 0.1) is 11.6 Å². The van der Waals surface area contributed by atoms with E-state index in [1.807, 2.05) is 18.2 Å². The predicted octanol–water partition coefficient (Wildman–Crippen LogP) is 3.80. The number of carbonyl (C=O) groups excluding carboxylic acids is 1. The molecule has 10 heteroatoms. The molecule has 4 rings (SSSR count). The Hall–Kier alpha value is -3.37. The Balaban J connectivity index is 1.59. The number of halogens is 2. The van der Waals surface area contributed by atoms with Gasteiger partial charge in [0.15, 0.2) is 0 Å². The summed E-state index contributed by atoms with van der Waals surface area (Å²) in [7, 11) is -4.46. The zero-order chi connectivity index (χ0) is 24.8. The number of carbonyl (C=O) groups is 1. The lowest BCUT2D eigenvalue weighted by Gasteiger charge is -2.29. The molecule has 1 N–H and O–H groups in total. The van der Waals surface area contributed by atoms with Crippen molar-refractivity contribution in [2.45, 2.75) is 43.4 Å². The van der Waals surface area contributed by atoms with Crippen LogP contribution in [0.3, 0.4) is 0 Å². The Bertz CT molecular complexity index is 1270. The number of nitrogens with zero attached hydrogens (tertiary/aromatic N) is 2. The molecule has 3 aromatic rings. The van der Waals surface area contributed by atoms with Crippen LogP contribution in [0.4, 0.5) is 8.78 Å². The van der Waals surface area contributed by atoms with E-state index in [1.165, 1.54) is 0 Å². The SMILES string of the molecule is O=C1NCCCC[C@@H]1N(Cc1ccc(OCc2ccccn2)cc1)S(=O)(=O)c1ccc(F)cc1F. The van der Waals surface area contributed by atoms with E-state index < -0.39 is 38.5 Å². The molecule has 1 aromatic heterocycles. The van der Waals surface area contributed by atoms with Gasteiger partial charge in [-0.1, -0.05) is 18.2 Å². The fraction of sp³-hybridized carbons (Fsp3) is 0.280. The van der Waals surface area contributed by atoms with Gasteiger partial charge in [-0.2, -0.15) is 4.31 Å². The van der Waals surface area contributed by atoms with Crippen LogP contribution >= 0.6 is 0 Å². The van der Waals surface area contributed by atoms with E-state index in [9.17, 15) is 22.0 Å². The van der Waals surface area contributed by atoms with Gasteiger partial charge in [0.05, 0.1) is 5.69 Å². The molecule has 1 saturated heterocycles. The molecule has 2 heterocycles. The standard InChI is InChI=1S/C25H25F2N3O4S/c26-19-9-12-24(22(27)15-19)35(32,33)30(23-6-2-4-14-29-25(23)31)16-18-7-10-21(11-8-18)34-17-20-5-1-3-13-28-20/h1,3,5,7-13,15,23H,2,4,6,14,16-17H2,(H,29,31)/t23-/m0/s1. The molecule has 0 spiro atoms. The van der Waals surface area contributed by atoms with E-state index in [-0.39, 0.29) is 13.2 Å². The van der Waals surface area contributed by atoms with Crippen LogP contribution in [-0.2, 0) is 28.0 Å². The Kier molecular flexibility index (Phi) is 7.72. The second kappa shape index (κ2) is 10.9. The van der Waals surface area contributed by atoms with Gasteiger partial charge < -0.3 is 10.1 Å². The van der Waals surface area contributed by atoms with Crippen molar-refractivity contribution in [3.05, 3.63) is 89.8 Å². The van der Waals surface area contributed by atoms with E-state index in [4.69, 9.17) is 4.74 Å². The zero-order valence-electron chi connectivity index (χ0n) is 18.9. The number of amides is 1. The molecular formula is C25H25F2N3O4S. The van der Waals surface area contributed by atoms with Gasteiger partial charge in [0, 0.05) is 25.4 Å². The van der Waals surface area contributed by atoms with Gasteiger partial charge in [-0.15, -0.1) is 0 Å². The van der Waals surface area contributed by atoms with Crippen molar-refractivity contribution in [2.75, 3.05) is 6.54 Å². The van der Waals surface area contributed by atoms with Crippen molar-refractivity contribution in [1.29, 1.82) is 0 Å². The fourth-order valence-electron chi connectivity index (χ4n) is 3.88. The van der Waals surface area contributed by atoms with Gasteiger partial charge in [0.1, 0.15) is 34.9 Å². The summed E-state index contributed by atoms with van der Waals surface area (Å²) in [6.45, 7) is 0.543. The van der Waals surface area contributed by atoms with Crippen molar-refractivity contribution >= 4 is 15.9 Å². The van der Waals surface area contributed by atoms with Crippen LogP contribution < -0.4 is 10.1 Å².